The number of nitrogens with one attached hydrogen (secondary N) is 2. The molecule has 4 nitrogen and oxygen atoms in total. The van der Waals surface area contributed by atoms with Crippen LogP contribution in [-0.2, 0) is 13.1 Å². The van der Waals surface area contributed by atoms with Crippen LogP contribution in [0, 0.1) is 0 Å². The highest BCUT2D eigenvalue weighted by Crippen LogP contribution is 2.32. The number of rotatable bonds is 13. The van der Waals surface area contributed by atoms with Crippen molar-refractivity contribution in [3.05, 3.63) is 181 Å². The summed E-state index contributed by atoms with van der Waals surface area (Å²) in [4.78, 5) is 4.71. The highest BCUT2D eigenvalue weighted by atomic mass is 32.1. The fraction of sp³-hybridized carbons (Fsp3) is 0.160. The van der Waals surface area contributed by atoms with Gasteiger partial charge in [0.1, 0.15) is 0 Å². The molecule has 8 aromatic rings. The van der Waals surface area contributed by atoms with Crippen LogP contribution in [0.25, 0.3) is 43.1 Å². The van der Waals surface area contributed by atoms with E-state index >= 15 is 0 Å². The van der Waals surface area contributed by atoms with Crippen molar-refractivity contribution < 1.29 is 0 Å². The van der Waals surface area contributed by atoms with Crippen LogP contribution in [0.2, 0.25) is 0 Å². The molecule has 8 rings (SSSR count). The molecule has 278 valence electrons. The Balaban J connectivity index is 0.983. The topological polar surface area (TPSA) is 30.5 Å². The van der Waals surface area contributed by atoms with Crippen LogP contribution in [0.5, 0.6) is 0 Å². The van der Waals surface area contributed by atoms with Crippen molar-refractivity contribution in [2.24, 2.45) is 0 Å². The molecule has 0 aliphatic rings. The van der Waals surface area contributed by atoms with Gasteiger partial charge in [-0.2, -0.15) is 0 Å². The predicted octanol–water partition coefficient (Wildman–Crippen LogP) is 13.0. The van der Waals surface area contributed by atoms with Crippen molar-refractivity contribution in [2.45, 2.75) is 38.8 Å². The third kappa shape index (κ3) is 8.68. The summed E-state index contributed by atoms with van der Waals surface area (Å²) in [7, 11) is 0. The van der Waals surface area contributed by atoms with E-state index < -0.39 is 0 Å². The van der Waals surface area contributed by atoms with Gasteiger partial charge in [0.05, 0.1) is 0 Å². The molecule has 0 amide bonds. The molecule has 56 heavy (non-hydrogen) atoms. The average Bonchev–Trinajstić information content (AvgIpc) is 3.24. The molecule has 8 aromatic carbocycles. The molecule has 2 N–H and O–H groups in total. The van der Waals surface area contributed by atoms with Crippen LogP contribution in [0.4, 0.5) is 11.4 Å². The second-order valence-electron chi connectivity index (χ2n) is 14.4. The number of benzene rings is 8. The van der Waals surface area contributed by atoms with Crippen molar-refractivity contribution >= 4 is 89.1 Å². The molecule has 0 saturated carbocycles. The Morgan fingerprint density at radius 2 is 0.679 bits per heavy atom. The average molecular weight is 767 g/mol. The van der Waals surface area contributed by atoms with Crippen molar-refractivity contribution in [3.8, 4) is 0 Å². The zero-order valence-corrected chi connectivity index (χ0v) is 33.2. The van der Waals surface area contributed by atoms with Gasteiger partial charge in [0.2, 0.25) is 0 Å². The Kier molecular flexibility index (Phi) is 11.8. The number of para-hydroxylation sites is 2. The molecule has 0 saturated heterocycles. The van der Waals surface area contributed by atoms with Gasteiger partial charge in [-0.3, -0.25) is 0 Å². The van der Waals surface area contributed by atoms with E-state index in [1.54, 1.807) is 0 Å². The Labute approximate surface area is 340 Å². The van der Waals surface area contributed by atoms with Crippen LogP contribution in [0.3, 0.4) is 0 Å². The number of hydrogen-bond acceptors (Lipinski definition) is 2. The minimum absolute atomic E-state index is 0.729. The lowest BCUT2D eigenvalue weighted by atomic mass is 9.96. The van der Waals surface area contributed by atoms with Crippen LogP contribution in [-0.4, -0.2) is 33.1 Å². The monoisotopic (exact) mass is 766 g/mol. The number of unbranched alkanes of at least 4 members (excludes halogenated alkanes) is 3. The number of anilines is 2. The lowest BCUT2D eigenvalue weighted by Gasteiger charge is -2.28. The maximum atomic E-state index is 6.14. The first-order valence-electron chi connectivity index (χ1n) is 19.6. The molecule has 0 aliphatic heterocycles. The molecule has 0 spiro atoms. The van der Waals surface area contributed by atoms with Crippen molar-refractivity contribution in [3.63, 3.8) is 0 Å². The minimum atomic E-state index is 0.729. The third-order valence-electron chi connectivity index (χ3n) is 10.7. The van der Waals surface area contributed by atoms with Crippen LogP contribution in [0.15, 0.2) is 170 Å². The maximum absolute atomic E-state index is 6.14. The number of nitrogens with zero attached hydrogens (tertiary/aromatic N) is 2. The summed E-state index contributed by atoms with van der Waals surface area (Å²) >= 11 is 12.3. The van der Waals surface area contributed by atoms with E-state index in [0.29, 0.717) is 0 Å². The van der Waals surface area contributed by atoms with Gasteiger partial charge >= 0.3 is 0 Å². The first-order chi connectivity index (χ1) is 27.6. The Hall–Kier alpha value is -5.82. The molecule has 0 aromatic heterocycles. The highest BCUT2D eigenvalue weighted by molar-refractivity contribution is 7.80. The first-order valence-corrected chi connectivity index (χ1v) is 20.4. The summed E-state index contributed by atoms with van der Waals surface area (Å²) in [5, 5.41) is 18.7. The van der Waals surface area contributed by atoms with Gasteiger partial charge in [-0.15, -0.1) is 0 Å². The van der Waals surface area contributed by atoms with Gasteiger partial charge in [0, 0.05) is 37.6 Å². The fourth-order valence-electron chi connectivity index (χ4n) is 7.85. The van der Waals surface area contributed by atoms with E-state index in [0.717, 1.165) is 73.5 Å². The smallest absolute Gasteiger partial charge is 0.173 e. The standard InChI is InChI=1S/C50H46N4S2/c55-49(51-41-23-5-3-6-24-41)53(35-47-43-27-13-9-19-37(43)33-38-20-10-14-28-44(38)47)31-17-1-2-18-32-54(50(56)52-42-25-7-4-8-26-42)36-48-45-29-15-11-21-39(45)34-40-22-12-16-30-46(40)48/h3-16,19-30,33-34H,1-2,17-18,31-32,35-36H2,(H,51,55)(H,52,56). The number of thiocarbonyl (C=S) groups is 2. The molecule has 0 radical (unpaired) electrons. The van der Waals surface area contributed by atoms with E-state index in [9.17, 15) is 0 Å². The summed E-state index contributed by atoms with van der Waals surface area (Å²) < 4.78 is 0. The van der Waals surface area contributed by atoms with Crippen molar-refractivity contribution in [1.82, 2.24) is 9.80 Å². The molecular formula is C50H46N4S2. The van der Waals surface area contributed by atoms with Crippen LogP contribution in [0.1, 0.15) is 36.8 Å². The Morgan fingerprint density at radius 3 is 1.02 bits per heavy atom. The molecule has 0 unspecified atom stereocenters. The molecule has 0 bridgehead atoms. The lowest BCUT2D eigenvalue weighted by molar-refractivity contribution is 0.382. The SMILES string of the molecule is S=C(Nc1ccccc1)N(CCCCCCN(Cc1c2ccccc2cc2ccccc12)C(=S)Nc1ccccc1)Cc1c2ccccc2cc2ccccc12. The van der Waals surface area contributed by atoms with Gasteiger partial charge in [0.25, 0.3) is 0 Å². The summed E-state index contributed by atoms with van der Waals surface area (Å²) in [6, 6.07) is 60.0. The second kappa shape index (κ2) is 17.8. The van der Waals surface area contributed by atoms with E-state index in [2.05, 4.69) is 154 Å². The second-order valence-corrected chi connectivity index (χ2v) is 15.2. The fourth-order valence-corrected chi connectivity index (χ4v) is 8.40. The maximum Gasteiger partial charge on any atom is 0.173 e. The summed E-state index contributed by atoms with van der Waals surface area (Å²) in [5.41, 5.74) is 4.63. The Morgan fingerprint density at radius 1 is 0.375 bits per heavy atom. The summed E-state index contributed by atoms with van der Waals surface area (Å²) in [5.74, 6) is 0. The zero-order valence-electron chi connectivity index (χ0n) is 31.5. The highest BCUT2D eigenvalue weighted by Gasteiger charge is 2.18. The van der Waals surface area contributed by atoms with E-state index in [1.807, 2.05) is 36.4 Å². The van der Waals surface area contributed by atoms with Gasteiger partial charge < -0.3 is 20.4 Å². The summed E-state index contributed by atoms with van der Waals surface area (Å²) in [6.45, 7) is 3.17. The lowest BCUT2D eigenvalue weighted by Crippen LogP contribution is -2.35. The first kappa shape index (κ1) is 37.1. The van der Waals surface area contributed by atoms with E-state index in [1.165, 1.54) is 54.2 Å². The van der Waals surface area contributed by atoms with Crippen LogP contribution >= 0.6 is 24.4 Å². The third-order valence-corrected chi connectivity index (χ3v) is 11.4. The van der Waals surface area contributed by atoms with Gasteiger partial charge in [-0.1, -0.05) is 146 Å². The zero-order chi connectivity index (χ0) is 38.1. The van der Waals surface area contributed by atoms with Crippen LogP contribution < -0.4 is 10.6 Å². The van der Waals surface area contributed by atoms with E-state index in [4.69, 9.17) is 24.4 Å². The largest absolute Gasteiger partial charge is 0.345 e. The molecule has 0 aliphatic carbocycles. The van der Waals surface area contributed by atoms with E-state index in [-0.39, 0.29) is 0 Å². The normalized spacial score (nSPS) is 11.2. The van der Waals surface area contributed by atoms with Gasteiger partial charge in [0.15, 0.2) is 10.2 Å². The number of hydrogen-bond donors (Lipinski definition) is 2. The molecule has 0 heterocycles. The van der Waals surface area contributed by atoms with Crippen molar-refractivity contribution in [1.29, 1.82) is 0 Å². The Bertz CT molecular complexity index is 2320. The molecule has 6 heteroatoms. The predicted molar refractivity (Wildman–Crippen MR) is 248 cm³/mol. The quantitative estimate of drug-likeness (QED) is 0.0690. The molecule has 0 fully saturated rings. The minimum Gasteiger partial charge on any atom is -0.345 e. The number of fused-ring (bicyclic) bond motifs is 4. The van der Waals surface area contributed by atoms with Gasteiger partial charge in [-0.25, -0.2) is 0 Å². The summed E-state index contributed by atoms with van der Waals surface area (Å²) in [6.07, 6.45) is 4.23. The van der Waals surface area contributed by atoms with Gasteiger partial charge in [-0.05, 0) is 128 Å². The van der Waals surface area contributed by atoms with Crippen molar-refractivity contribution in [2.75, 3.05) is 23.7 Å². The molecule has 0 atom stereocenters. The molecular weight excluding hydrogens is 721 g/mol.